The molecule has 11 heavy (non-hydrogen) atoms. The molecule has 0 saturated heterocycles. The van der Waals surface area contributed by atoms with Crippen LogP contribution in [0.5, 0.6) is 0 Å². The van der Waals surface area contributed by atoms with Crippen LogP contribution in [0.2, 0.25) is 0 Å². The van der Waals surface area contributed by atoms with Gasteiger partial charge >= 0.3 is 0 Å². The Bertz CT molecular complexity index is 94.1. The second-order valence-electron chi connectivity index (χ2n) is 2.15. The third kappa shape index (κ3) is 9.62. The largest absolute Gasteiger partial charge is 0.359 e. The van der Waals surface area contributed by atoms with E-state index in [1.807, 2.05) is 0 Å². The number of hydrogen-bond donors (Lipinski definition) is 1. The first-order valence-corrected chi connectivity index (χ1v) is 3.83. The molecule has 3 nitrogen and oxygen atoms in total. The van der Waals surface area contributed by atoms with Crippen molar-refractivity contribution in [2.45, 2.75) is 12.8 Å². The van der Waals surface area contributed by atoms with Crippen LogP contribution in [0.4, 0.5) is 0 Å². The third-order valence-electron chi connectivity index (χ3n) is 1.13. The van der Waals surface area contributed by atoms with Crippen molar-refractivity contribution in [3.8, 4) is 0 Å². The Morgan fingerprint density at radius 2 is 2.00 bits per heavy atom. The lowest BCUT2D eigenvalue weighted by Crippen LogP contribution is -1.97. The van der Waals surface area contributed by atoms with Gasteiger partial charge in [-0.25, -0.2) is 0 Å². The molecule has 66 valence electrons. The zero-order chi connectivity index (χ0) is 8.36. The van der Waals surface area contributed by atoms with E-state index in [1.54, 1.807) is 7.11 Å². The molecule has 0 fully saturated rings. The van der Waals surface area contributed by atoms with E-state index in [9.17, 15) is 0 Å². The Labute approximate surface area is 68.2 Å². The van der Waals surface area contributed by atoms with E-state index in [2.05, 4.69) is 12.2 Å². The lowest BCUT2D eigenvalue weighted by atomic mass is 10.3. The molecule has 3 heteroatoms. The highest BCUT2D eigenvalue weighted by atomic mass is 16.7. The van der Waals surface area contributed by atoms with Gasteiger partial charge < -0.3 is 15.2 Å². The molecule has 0 amide bonds. The van der Waals surface area contributed by atoms with Crippen molar-refractivity contribution in [1.82, 2.24) is 0 Å². The van der Waals surface area contributed by atoms with Gasteiger partial charge in [0.2, 0.25) is 0 Å². The molecule has 0 aliphatic carbocycles. The molecule has 0 saturated carbocycles. The van der Waals surface area contributed by atoms with Crippen LogP contribution in [0.25, 0.3) is 0 Å². The molecule has 0 aromatic carbocycles. The second kappa shape index (κ2) is 9.62. The summed E-state index contributed by atoms with van der Waals surface area (Å²) in [5.41, 5.74) is 5.29. The van der Waals surface area contributed by atoms with Gasteiger partial charge in [0.25, 0.3) is 0 Å². The lowest BCUT2D eigenvalue weighted by Gasteiger charge is -1.98. The van der Waals surface area contributed by atoms with Crippen molar-refractivity contribution in [1.29, 1.82) is 0 Å². The van der Waals surface area contributed by atoms with Crippen LogP contribution in [-0.4, -0.2) is 27.1 Å². The first kappa shape index (κ1) is 10.6. The highest BCUT2D eigenvalue weighted by Crippen LogP contribution is 1.87. The number of methoxy groups -OCH3 is 1. The van der Waals surface area contributed by atoms with Gasteiger partial charge in [-0.1, -0.05) is 12.2 Å². The van der Waals surface area contributed by atoms with Gasteiger partial charge in [-0.05, 0) is 19.4 Å². The maximum atomic E-state index is 5.29. The fourth-order valence-corrected chi connectivity index (χ4v) is 0.626. The lowest BCUT2D eigenvalue weighted by molar-refractivity contribution is -0.0285. The summed E-state index contributed by atoms with van der Waals surface area (Å²) >= 11 is 0. The van der Waals surface area contributed by atoms with Crippen LogP contribution in [0.1, 0.15) is 12.8 Å². The quantitative estimate of drug-likeness (QED) is 0.341. The van der Waals surface area contributed by atoms with E-state index < -0.39 is 0 Å². The minimum atomic E-state index is 0.380. The van der Waals surface area contributed by atoms with Gasteiger partial charge in [0.15, 0.2) is 0 Å². The summed E-state index contributed by atoms with van der Waals surface area (Å²) in [7, 11) is 1.62. The molecule has 0 bridgehead atoms. The van der Waals surface area contributed by atoms with Crippen LogP contribution < -0.4 is 5.73 Å². The molecule has 0 unspecified atom stereocenters. The van der Waals surface area contributed by atoms with Crippen molar-refractivity contribution < 1.29 is 9.47 Å². The topological polar surface area (TPSA) is 44.5 Å². The summed E-state index contributed by atoms with van der Waals surface area (Å²) in [4.78, 5) is 0. The SMILES string of the molecule is COCOCC/C=C\CCN. The van der Waals surface area contributed by atoms with E-state index >= 15 is 0 Å². The number of ether oxygens (including phenoxy) is 2. The van der Waals surface area contributed by atoms with E-state index in [0.717, 1.165) is 26.0 Å². The standard InChI is InChI=1S/C8H17NO2/c1-10-8-11-7-5-3-2-4-6-9/h2-3H,4-9H2,1H3/b3-2-. The van der Waals surface area contributed by atoms with Crippen molar-refractivity contribution in [2.24, 2.45) is 5.73 Å². The van der Waals surface area contributed by atoms with Gasteiger partial charge in [0, 0.05) is 7.11 Å². The molecule has 0 radical (unpaired) electrons. The fraction of sp³-hybridized carbons (Fsp3) is 0.750. The van der Waals surface area contributed by atoms with E-state index in [0.29, 0.717) is 6.79 Å². The number of rotatable bonds is 7. The predicted octanol–water partition coefficient (Wildman–Crippen LogP) is 0.902. The minimum Gasteiger partial charge on any atom is -0.359 e. The van der Waals surface area contributed by atoms with E-state index in [1.165, 1.54) is 0 Å². The smallest absolute Gasteiger partial charge is 0.146 e. The molecular weight excluding hydrogens is 142 g/mol. The highest BCUT2D eigenvalue weighted by Gasteiger charge is 1.81. The van der Waals surface area contributed by atoms with Crippen LogP contribution in [-0.2, 0) is 9.47 Å². The predicted molar refractivity (Wildman–Crippen MR) is 45.3 cm³/mol. The second-order valence-corrected chi connectivity index (χ2v) is 2.15. The van der Waals surface area contributed by atoms with Gasteiger partial charge in [-0.2, -0.15) is 0 Å². The zero-order valence-electron chi connectivity index (χ0n) is 7.08. The summed E-state index contributed by atoms with van der Waals surface area (Å²) in [6, 6.07) is 0. The molecule has 0 aliphatic rings. The van der Waals surface area contributed by atoms with Crippen LogP contribution >= 0.6 is 0 Å². The fourth-order valence-electron chi connectivity index (χ4n) is 0.626. The maximum absolute atomic E-state index is 5.29. The monoisotopic (exact) mass is 159 g/mol. The average Bonchev–Trinajstić information content (AvgIpc) is 2.03. The van der Waals surface area contributed by atoms with Crippen molar-refractivity contribution in [2.75, 3.05) is 27.1 Å². The molecule has 0 aromatic heterocycles. The maximum Gasteiger partial charge on any atom is 0.146 e. The molecule has 0 spiro atoms. The molecule has 2 N–H and O–H groups in total. The summed E-state index contributed by atoms with van der Waals surface area (Å²) < 4.78 is 9.76. The van der Waals surface area contributed by atoms with Crippen LogP contribution in [0.3, 0.4) is 0 Å². The molecule has 0 heterocycles. The third-order valence-corrected chi connectivity index (χ3v) is 1.13. The molecule has 0 atom stereocenters. The summed E-state index contributed by atoms with van der Waals surface area (Å²) in [6.07, 6.45) is 6.02. The molecule has 0 aromatic rings. The number of hydrogen-bond acceptors (Lipinski definition) is 3. The molecule has 0 aliphatic heterocycles. The Balaban J connectivity index is 2.89. The van der Waals surface area contributed by atoms with Crippen molar-refractivity contribution >= 4 is 0 Å². The van der Waals surface area contributed by atoms with Gasteiger partial charge in [-0.3, -0.25) is 0 Å². The Morgan fingerprint density at radius 3 is 2.64 bits per heavy atom. The van der Waals surface area contributed by atoms with E-state index in [4.69, 9.17) is 15.2 Å². The first-order valence-electron chi connectivity index (χ1n) is 3.83. The Kier molecular flexibility index (Phi) is 9.29. The molecular formula is C8H17NO2. The van der Waals surface area contributed by atoms with Crippen molar-refractivity contribution in [3.05, 3.63) is 12.2 Å². The van der Waals surface area contributed by atoms with E-state index in [-0.39, 0.29) is 0 Å². The highest BCUT2D eigenvalue weighted by molar-refractivity contribution is 4.81. The van der Waals surface area contributed by atoms with Crippen molar-refractivity contribution in [3.63, 3.8) is 0 Å². The normalized spacial score (nSPS) is 11.1. The summed E-state index contributed by atoms with van der Waals surface area (Å²) in [5.74, 6) is 0. The zero-order valence-corrected chi connectivity index (χ0v) is 7.08. The van der Waals surface area contributed by atoms with Gasteiger partial charge in [0.05, 0.1) is 6.61 Å². The minimum absolute atomic E-state index is 0.380. The van der Waals surface area contributed by atoms with Gasteiger partial charge in [0.1, 0.15) is 6.79 Å². The summed E-state index contributed by atoms with van der Waals surface area (Å²) in [6.45, 7) is 1.81. The van der Waals surface area contributed by atoms with Crippen LogP contribution in [0.15, 0.2) is 12.2 Å². The summed E-state index contributed by atoms with van der Waals surface area (Å²) in [5, 5.41) is 0. The first-order chi connectivity index (χ1) is 5.41. The van der Waals surface area contributed by atoms with Gasteiger partial charge in [-0.15, -0.1) is 0 Å². The Hall–Kier alpha value is -0.380. The molecule has 0 rings (SSSR count). The van der Waals surface area contributed by atoms with Crippen LogP contribution in [0, 0.1) is 0 Å². The number of nitrogens with two attached hydrogens (primary N) is 1. The average molecular weight is 159 g/mol. The Morgan fingerprint density at radius 1 is 1.27 bits per heavy atom.